The molecule has 0 radical (unpaired) electrons. The molecule has 0 heterocycles. The summed E-state index contributed by atoms with van der Waals surface area (Å²) in [6.45, 7) is -0.0730. The molecule has 0 aromatic heterocycles. The zero-order chi connectivity index (χ0) is 15.4. The summed E-state index contributed by atoms with van der Waals surface area (Å²) in [6, 6.07) is 11.3. The summed E-state index contributed by atoms with van der Waals surface area (Å²) >= 11 is 11.8. The number of carbonyl (C=O) groups is 1. The van der Waals surface area contributed by atoms with E-state index in [-0.39, 0.29) is 18.1 Å². The third kappa shape index (κ3) is 4.09. The van der Waals surface area contributed by atoms with Crippen LogP contribution in [0.15, 0.2) is 42.5 Å². The summed E-state index contributed by atoms with van der Waals surface area (Å²) in [5.74, 6) is -1.53. The first-order valence-corrected chi connectivity index (χ1v) is 6.88. The van der Waals surface area contributed by atoms with Crippen molar-refractivity contribution in [1.82, 2.24) is 0 Å². The van der Waals surface area contributed by atoms with Crippen LogP contribution in [0.4, 0.5) is 10.1 Å². The fraction of sp³-hybridized carbons (Fsp3) is 0.133. The van der Waals surface area contributed by atoms with Crippen LogP contribution in [-0.2, 0) is 11.3 Å². The monoisotopic (exact) mass is 327 g/mol. The van der Waals surface area contributed by atoms with Crippen LogP contribution in [-0.4, -0.2) is 17.6 Å². The van der Waals surface area contributed by atoms with Crippen LogP contribution >= 0.6 is 23.2 Å². The standard InChI is InChI=1S/C15H12Cl2FNO2/c16-11-4-2-5-12(7-11)19(9-14(20)21)8-10-3-1-6-13(18)15(10)17/h1-7H,8-9H2,(H,20,21). The Morgan fingerprint density at radius 1 is 1.19 bits per heavy atom. The Labute approximate surface area is 131 Å². The number of rotatable bonds is 5. The maximum atomic E-state index is 13.5. The molecule has 0 aliphatic rings. The second-order valence-electron chi connectivity index (χ2n) is 4.44. The zero-order valence-corrected chi connectivity index (χ0v) is 12.4. The molecule has 110 valence electrons. The number of nitrogens with zero attached hydrogens (tertiary/aromatic N) is 1. The molecule has 0 atom stereocenters. The Morgan fingerprint density at radius 3 is 2.57 bits per heavy atom. The topological polar surface area (TPSA) is 40.5 Å². The van der Waals surface area contributed by atoms with Gasteiger partial charge in [-0.05, 0) is 29.8 Å². The SMILES string of the molecule is O=C(O)CN(Cc1cccc(F)c1Cl)c1cccc(Cl)c1. The van der Waals surface area contributed by atoms with E-state index in [1.165, 1.54) is 12.1 Å². The number of hydrogen-bond acceptors (Lipinski definition) is 2. The number of carboxylic acid groups (broad SMARTS) is 1. The molecule has 0 aliphatic carbocycles. The van der Waals surface area contributed by atoms with Gasteiger partial charge in [0.25, 0.3) is 0 Å². The van der Waals surface area contributed by atoms with Crippen molar-refractivity contribution >= 4 is 34.9 Å². The van der Waals surface area contributed by atoms with Crippen LogP contribution in [0.25, 0.3) is 0 Å². The van der Waals surface area contributed by atoms with Crippen LogP contribution < -0.4 is 4.90 Å². The number of anilines is 1. The van der Waals surface area contributed by atoms with E-state index in [1.54, 1.807) is 35.2 Å². The van der Waals surface area contributed by atoms with Crippen molar-refractivity contribution in [3.8, 4) is 0 Å². The Bertz CT molecular complexity index is 664. The third-order valence-corrected chi connectivity index (χ3v) is 3.55. The molecule has 2 aromatic carbocycles. The summed E-state index contributed by atoms with van der Waals surface area (Å²) in [6.07, 6.45) is 0. The van der Waals surface area contributed by atoms with E-state index < -0.39 is 11.8 Å². The molecule has 2 rings (SSSR count). The highest BCUT2D eigenvalue weighted by atomic mass is 35.5. The highest BCUT2D eigenvalue weighted by molar-refractivity contribution is 6.31. The van der Waals surface area contributed by atoms with Gasteiger partial charge in [-0.2, -0.15) is 0 Å². The molecule has 6 heteroatoms. The van der Waals surface area contributed by atoms with Gasteiger partial charge in [-0.3, -0.25) is 4.79 Å². The van der Waals surface area contributed by atoms with Crippen molar-refractivity contribution in [2.75, 3.05) is 11.4 Å². The van der Waals surface area contributed by atoms with E-state index in [2.05, 4.69) is 0 Å². The Morgan fingerprint density at radius 2 is 1.90 bits per heavy atom. The summed E-state index contributed by atoms with van der Waals surface area (Å²) < 4.78 is 13.5. The summed E-state index contributed by atoms with van der Waals surface area (Å²) in [7, 11) is 0. The van der Waals surface area contributed by atoms with Gasteiger partial charge in [0, 0.05) is 17.3 Å². The van der Waals surface area contributed by atoms with E-state index in [4.69, 9.17) is 28.3 Å². The van der Waals surface area contributed by atoms with Crippen molar-refractivity contribution < 1.29 is 14.3 Å². The van der Waals surface area contributed by atoms with Gasteiger partial charge in [0.1, 0.15) is 12.4 Å². The Kier molecular flexibility index (Phi) is 5.04. The van der Waals surface area contributed by atoms with Crippen molar-refractivity contribution in [3.63, 3.8) is 0 Å². The third-order valence-electron chi connectivity index (χ3n) is 2.89. The van der Waals surface area contributed by atoms with Gasteiger partial charge < -0.3 is 10.0 Å². The van der Waals surface area contributed by atoms with E-state index >= 15 is 0 Å². The molecule has 1 N–H and O–H groups in total. The first kappa shape index (κ1) is 15.6. The van der Waals surface area contributed by atoms with Gasteiger partial charge >= 0.3 is 5.97 Å². The lowest BCUT2D eigenvalue weighted by Gasteiger charge is -2.23. The highest BCUT2D eigenvalue weighted by Gasteiger charge is 2.15. The molecule has 2 aromatic rings. The lowest BCUT2D eigenvalue weighted by Crippen LogP contribution is -2.29. The van der Waals surface area contributed by atoms with E-state index in [0.717, 1.165) is 0 Å². The molecule has 0 amide bonds. The molecular weight excluding hydrogens is 316 g/mol. The minimum Gasteiger partial charge on any atom is -0.480 e. The highest BCUT2D eigenvalue weighted by Crippen LogP contribution is 2.25. The van der Waals surface area contributed by atoms with Crippen molar-refractivity contribution in [2.45, 2.75) is 6.54 Å². The van der Waals surface area contributed by atoms with Crippen LogP contribution in [0.1, 0.15) is 5.56 Å². The van der Waals surface area contributed by atoms with Gasteiger partial charge in [0.15, 0.2) is 0 Å². The summed E-state index contributed by atoms with van der Waals surface area (Å²) in [4.78, 5) is 12.6. The summed E-state index contributed by atoms with van der Waals surface area (Å²) in [5, 5.41) is 9.52. The van der Waals surface area contributed by atoms with Gasteiger partial charge in [0.05, 0.1) is 5.02 Å². The molecule has 21 heavy (non-hydrogen) atoms. The molecule has 0 spiro atoms. The first-order valence-electron chi connectivity index (χ1n) is 6.12. The smallest absolute Gasteiger partial charge is 0.323 e. The Balaban J connectivity index is 2.32. The first-order chi connectivity index (χ1) is 9.97. The van der Waals surface area contributed by atoms with Crippen LogP contribution in [0.5, 0.6) is 0 Å². The predicted octanol–water partition coefficient (Wildman–Crippen LogP) is 4.22. The van der Waals surface area contributed by atoms with Gasteiger partial charge in [-0.15, -0.1) is 0 Å². The number of carboxylic acids is 1. The fourth-order valence-electron chi connectivity index (χ4n) is 1.95. The average Bonchev–Trinajstić information content (AvgIpc) is 2.42. The van der Waals surface area contributed by atoms with Crippen molar-refractivity contribution in [3.05, 3.63) is 63.9 Å². The second kappa shape index (κ2) is 6.78. The average molecular weight is 328 g/mol. The normalized spacial score (nSPS) is 10.4. The molecule has 0 saturated carbocycles. The number of aliphatic carboxylic acids is 1. The number of benzene rings is 2. The lowest BCUT2D eigenvalue weighted by molar-refractivity contribution is -0.135. The van der Waals surface area contributed by atoms with Crippen LogP contribution in [0.2, 0.25) is 10.0 Å². The number of hydrogen-bond donors (Lipinski definition) is 1. The van der Waals surface area contributed by atoms with Gasteiger partial charge in [-0.25, -0.2) is 4.39 Å². The van der Waals surface area contributed by atoms with Gasteiger partial charge in [-0.1, -0.05) is 41.4 Å². The zero-order valence-electron chi connectivity index (χ0n) is 10.9. The van der Waals surface area contributed by atoms with E-state index in [9.17, 15) is 9.18 Å². The second-order valence-corrected chi connectivity index (χ2v) is 5.26. The fourth-order valence-corrected chi connectivity index (χ4v) is 2.32. The number of halogens is 3. The lowest BCUT2D eigenvalue weighted by atomic mass is 10.2. The largest absolute Gasteiger partial charge is 0.480 e. The predicted molar refractivity (Wildman–Crippen MR) is 81.5 cm³/mol. The molecule has 3 nitrogen and oxygen atoms in total. The minimum absolute atomic E-state index is 0.00471. The van der Waals surface area contributed by atoms with Crippen LogP contribution in [0.3, 0.4) is 0 Å². The quantitative estimate of drug-likeness (QED) is 0.893. The molecule has 0 fully saturated rings. The molecule has 0 aliphatic heterocycles. The molecular formula is C15H12Cl2FNO2. The Hall–Kier alpha value is -1.78. The van der Waals surface area contributed by atoms with Gasteiger partial charge in [0.2, 0.25) is 0 Å². The molecule has 0 bridgehead atoms. The van der Waals surface area contributed by atoms with Crippen LogP contribution in [0, 0.1) is 5.82 Å². The maximum Gasteiger partial charge on any atom is 0.323 e. The van der Waals surface area contributed by atoms with E-state index in [1.807, 2.05) is 0 Å². The molecule has 0 saturated heterocycles. The molecule has 0 unspecified atom stereocenters. The summed E-state index contributed by atoms with van der Waals surface area (Å²) in [5.41, 5.74) is 1.14. The van der Waals surface area contributed by atoms with E-state index in [0.29, 0.717) is 16.3 Å². The van der Waals surface area contributed by atoms with Crippen molar-refractivity contribution in [2.24, 2.45) is 0 Å². The van der Waals surface area contributed by atoms with Crippen molar-refractivity contribution in [1.29, 1.82) is 0 Å². The minimum atomic E-state index is -0.998. The maximum absolute atomic E-state index is 13.5.